The molecule has 1 rings (SSSR count). The number of rotatable bonds is 6. The maximum Gasteiger partial charge on any atom is 0.143 e. The van der Waals surface area contributed by atoms with Gasteiger partial charge in [0.15, 0.2) is 0 Å². The van der Waals surface area contributed by atoms with Crippen LogP contribution in [0.3, 0.4) is 0 Å². The van der Waals surface area contributed by atoms with Crippen LogP contribution in [0.5, 0.6) is 0 Å². The number of carbonyl (C=O) groups is 1. The van der Waals surface area contributed by atoms with Crippen LogP contribution in [0.1, 0.15) is 12.8 Å². The summed E-state index contributed by atoms with van der Waals surface area (Å²) in [7, 11) is 0. The van der Waals surface area contributed by atoms with Gasteiger partial charge in [-0.25, -0.2) is 0 Å². The number of Topliss-reactive ketones (excluding diaryl/α,β-unsaturated/α-hetero) is 1. The first kappa shape index (κ1) is 12.5. The van der Waals surface area contributed by atoms with Gasteiger partial charge in [0.1, 0.15) is 5.78 Å². The van der Waals surface area contributed by atoms with Crippen molar-refractivity contribution in [3.8, 4) is 0 Å². The first-order valence-corrected chi connectivity index (χ1v) is 6.51. The summed E-state index contributed by atoms with van der Waals surface area (Å²) in [4.78, 5) is 12.5. The third kappa shape index (κ3) is 5.19. The summed E-state index contributed by atoms with van der Waals surface area (Å²) in [5.74, 6) is 0.831. The fraction of sp³-hybridized carbons (Fsp3) is 0.250. The Labute approximate surface area is 103 Å². The third-order valence-corrected chi connectivity index (χ3v) is 3.44. The second kappa shape index (κ2) is 6.85. The van der Waals surface area contributed by atoms with Crippen LogP contribution in [0, 0.1) is 0 Å². The molecule has 0 spiro atoms. The lowest BCUT2D eigenvalue weighted by atomic mass is 10.2. The highest BCUT2D eigenvalue weighted by molar-refractivity contribution is 9.10. The molecule has 1 nitrogen and oxygen atoms in total. The van der Waals surface area contributed by atoms with Crippen molar-refractivity contribution in [3.05, 3.63) is 41.4 Å². The van der Waals surface area contributed by atoms with Crippen LogP contribution < -0.4 is 0 Å². The lowest BCUT2D eigenvalue weighted by molar-refractivity contribution is -0.116. The molecule has 15 heavy (non-hydrogen) atoms. The van der Waals surface area contributed by atoms with Gasteiger partial charge >= 0.3 is 0 Å². The summed E-state index contributed by atoms with van der Waals surface area (Å²) >= 11 is 4.96. The molecule has 80 valence electrons. The highest BCUT2D eigenvalue weighted by atomic mass is 79.9. The van der Waals surface area contributed by atoms with E-state index >= 15 is 0 Å². The van der Waals surface area contributed by atoms with Crippen molar-refractivity contribution < 1.29 is 4.79 Å². The monoisotopic (exact) mass is 284 g/mol. The zero-order chi connectivity index (χ0) is 11.1. The van der Waals surface area contributed by atoms with Crippen molar-refractivity contribution in [2.24, 2.45) is 0 Å². The average molecular weight is 285 g/mol. The van der Waals surface area contributed by atoms with Crippen LogP contribution in [0.4, 0.5) is 0 Å². The zero-order valence-corrected chi connectivity index (χ0v) is 10.8. The van der Waals surface area contributed by atoms with E-state index in [2.05, 4.69) is 22.5 Å². The van der Waals surface area contributed by atoms with E-state index in [9.17, 15) is 4.79 Å². The van der Waals surface area contributed by atoms with Gasteiger partial charge in [0.2, 0.25) is 0 Å². The Bertz CT molecular complexity index is 332. The van der Waals surface area contributed by atoms with E-state index in [1.54, 1.807) is 17.8 Å². The lowest BCUT2D eigenvalue weighted by Crippen LogP contribution is -1.99. The Balaban J connectivity index is 2.33. The van der Waals surface area contributed by atoms with Crippen molar-refractivity contribution in [1.82, 2.24) is 0 Å². The molecule has 0 aliphatic heterocycles. The predicted octanol–water partition coefficient (Wildman–Crippen LogP) is 4.08. The molecule has 0 amide bonds. The van der Waals surface area contributed by atoms with Gasteiger partial charge in [0.05, 0.1) is 5.75 Å². The van der Waals surface area contributed by atoms with E-state index in [4.69, 9.17) is 0 Å². The molecule has 0 saturated carbocycles. The third-order valence-electron chi connectivity index (χ3n) is 1.84. The van der Waals surface area contributed by atoms with Crippen molar-refractivity contribution in [2.45, 2.75) is 17.7 Å². The number of hydrogen-bond acceptors (Lipinski definition) is 2. The molecule has 1 aromatic rings. The molecule has 0 fully saturated rings. The SMILES string of the molecule is C=CCCC(=O)CSc1ccc(Br)cc1. The quantitative estimate of drug-likeness (QED) is 0.578. The number of carbonyl (C=O) groups excluding carboxylic acids is 1. The van der Waals surface area contributed by atoms with Gasteiger partial charge in [0, 0.05) is 15.8 Å². The van der Waals surface area contributed by atoms with Gasteiger partial charge in [-0.1, -0.05) is 22.0 Å². The van der Waals surface area contributed by atoms with Crippen LogP contribution in [0.25, 0.3) is 0 Å². The molecule has 0 N–H and O–H groups in total. The molecular weight excluding hydrogens is 272 g/mol. The topological polar surface area (TPSA) is 17.1 Å². The Morgan fingerprint density at radius 3 is 2.67 bits per heavy atom. The molecule has 0 bridgehead atoms. The minimum absolute atomic E-state index is 0.280. The van der Waals surface area contributed by atoms with Crippen LogP contribution in [-0.4, -0.2) is 11.5 Å². The summed E-state index contributed by atoms with van der Waals surface area (Å²) < 4.78 is 1.06. The zero-order valence-electron chi connectivity index (χ0n) is 8.41. The fourth-order valence-electron chi connectivity index (χ4n) is 1.03. The average Bonchev–Trinajstić information content (AvgIpc) is 2.25. The fourth-order valence-corrected chi connectivity index (χ4v) is 2.09. The first-order chi connectivity index (χ1) is 7.22. The van der Waals surface area contributed by atoms with Crippen molar-refractivity contribution in [1.29, 1.82) is 0 Å². The highest BCUT2D eigenvalue weighted by Gasteiger charge is 2.01. The Hall–Kier alpha value is -0.540. The molecular formula is C12H13BrOS. The van der Waals surface area contributed by atoms with E-state index in [0.717, 1.165) is 15.8 Å². The lowest BCUT2D eigenvalue weighted by Gasteiger charge is -2.00. The largest absolute Gasteiger partial charge is 0.299 e. The summed E-state index contributed by atoms with van der Waals surface area (Å²) in [6.07, 6.45) is 3.16. The molecule has 0 radical (unpaired) electrons. The van der Waals surface area contributed by atoms with E-state index in [-0.39, 0.29) is 5.78 Å². The number of ketones is 1. The number of thioether (sulfide) groups is 1. The van der Waals surface area contributed by atoms with Gasteiger partial charge in [0.25, 0.3) is 0 Å². The second-order valence-corrected chi connectivity index (χ2v) is 5.07. The van der Waals surface area contributed by atoms with Crippen LogP contribution >= 0.6 is 27.7 Å². The molecule has 0 atom stereocenters. The van der Waals surface area contributed by atoms with Crippen LogP contribution in [-0.2, 0) is 4.79 Å². The molecule has 0 aromatic heterocycles. The van der Waals surface area contributed by atoms with Crippen LogP contribution in [0.15, 0.2) is 46.3 Å². The second-order valence-electron chi connectivity index (χ2n) is 3.11. The Morgan fingerprint density at radius 2 is 2.07 bits per heavy atom. The molecule has 0 saturated heterocycles. The van der Waals surface area contributed by atoms with E-state index < -0.39 is 0 Å². The van der Waals surface area contributed by atoms with Crippen LogP contribution in [0.2, 0.25) is 0 Å². The summed E-state index contributed by atoms with van der Waals surface area (Å²) in [6, 6.07) is 7.98. The van der Waals surface area contributed by atoms with Crippen molar-refractivity contribution >= 4 is 33.5 Å². The maximum absolute atomic E-state index is 11.4. The molecule has 0 aliphatic rings. The van der Waals surface area contributed by atoms with Gasteiger partial charge < -0.3 is 0 Å². The number of hydrogen-bond donors (Lipinski definition) is 0. The van der Waals surface area contributed by atoms with Gasteiger partial charge in [-0.2, -0.15) is 0 Å². The summed E-state index contributed by atoms with van der Waals surface area (Å²) in [5.41, 5.74) is 0. The van der Waals surface area contributed by atoms with Gasteiger partial charge in [-0.15, -0.1) is 18.3 Å². The minimum atomic E-state index is 0.280. The molecule has 3 heteroatoms. The predicted molar refractivity (Wildman–Crippen MR) is 69.3 cm³/mol. The smallest absolute Gasteiger partial charge is 0.143 e. The first-order valence-electron chi connectivity index (χ1n) is 4.73. The number of benzene rings is 1. The van der Waals surface area contributed by atoms with Crippen molar-refractivity contribution in [3.63, 3.8) is 0 Å². The van der Waals surface area contributed by atoms with Gasteiger partial charge in [-0.05, 0) is 30.7 Å². The highest BCUT2D eigenvalue weighted by Crippen LogP contribution is 2.20. The summed E-state index contributed by atoms with van der Waals surface area (Å²) in [6.45, 7) is 3.60. The Morgan fingerprint density at radius 1 is 1.40 bits per heavy atom. The minimum Gasteiger partial charge on any atom is -0.299 e. The molecule has 1 aromatic carbocycles. The van der Waals surface area contributed by atoms with Gasteiger partial charge in [-0.3, -0.25) is 4.79 Å². The molecule has 0 heterocycles. The maximum atomic E-state index is 11.4. The standard InChI is InChI=1S/C12H13BrOS/c1-2-3-4-11(14)9-15-12-7-5-10(13)6-8-12/h2,5-8H,1,3-4,9H2. The van der Waals surface area contributed by atoms with E-state index in [0.29, 0.717) is 12.2 Å². The molecule has 0 unspecified atom stereocenters. The van der Waals surface area contributed by atoms with E-state index in [1.165, 1.54) is 0 Å². The number of allylic oxidation sites excluding steroid dienone is 1. The molecule has 0 aliphatic carbocycles. The van der Waals surface area contributed by atoms with Crippen molar-refractivity contribution in [2.75, 3.05) is 5.75 Å². The number of halogens is 1. The normalized spacial score (nSPS) is 9.93. The summed E-state index contributed by atoms with van der Waals surface area (Å²) in [5, 5.41) is 0. The Kier molecular flexibility index (Phi) is 5.73. The van der Waals surface area contributed by atoms with E-state index in [1.807, 2.05) is 24.3 Å².